The molecule has 226 valence electrons. The fourth-order valence-corrected chi connectivity index (χ4v) is 7.85. The van der Waals surface area contributed by atoms with Crippen LogP contribution in [0.5, 0.6) is 11.5 Å². The Bertz CT molecular complexity index is 2350. The number of thiazole rings is 1. The number of halogens is 1. The number of aryl methyl sites for hydroxylation is 1. The molecular weight excluding hydrogens is 656 g/mol. The van der Waals surface area contributed by atoms with Crippen LogP contribution in [0.25, 0.3) is 22.5 Å². The molecular formula is C39H29BrN2O3S. The summed E-state index contributed by atoms with van der Waals surface area (Å²) in [4.78, 5) is 20.0. The molecule has 6 aromatic rings. The summed E-state index contributed by atoms with van der Waals surface area (Å²) in [5.41, 5.74) is 7.64. The highest BCUT2D eigenvalue weighted by Gasteiger charge is 2.32. The van der Waals surface area contributed by atoms with E-state index in [0.717, 1.165) is 45.3 Å². The number of hydrogen-bond acceptors (Lipinski definition) is 5. The number of hydrogen-bond donors (Lipinski definition) is 0. The Labute approximate surface area is 278 Å². The average molecular weight is 686 g/mol. The highest BCUT2D eigenvalue weighted by atomic mass is 79.9. The molecule has 1 aliphatic heterocycles. The second-order valence-electron chi connectivity index (χ2n) is 11.5. The van der Waals surface area contributed by atoms with E-state index < -0.39 is 0 Å². The van der Waals surface area contributed by atoms with Gasteiger partial charge in [0.25, 0.3) is 5.56 Å². The van der Waals surface area contributed by atoms with Crippen molar-refractivity contribution in [2.24, 2.45) is 4.99 Å². The van der Waals surface area contributed by atoms with E-state index in [0.29, 0.717) is 27.4 Å². The molecule has 0 unspecified atom stereocenters. The van der Waals surface area contributed by atoms with Crippen LogP contribution in [0.4, 0.5) is 0 Å². The van der Waals surface area contributed by atoms with E-state index in [2.05, 4.69) is 76.6 Å². The van der Waals surface area contributed by atoms with E-state index >= 15 is 0 Å². The number of benzene rings is 5. The number of fused-ring (bicyclic) bond motifs is 4. The number of nitrogens with zero attached hydrogens (tertiary/aromatic N) is 2. The van der Waals surface area contributed by atoms with Crippen molar-refractivity contribution in [2.75, 3.05) is 7.11 Å². The minimum atomic E-state index is -0.214. The molecule has 0 bridgehead atoms. The van der Waals surface area contributed by atoms with Gasteiger partial charge in [0.15, 0.2) is 16.3 Å². The van der Waals surface area contributed by atoms with Crippen molar-refractivity contribution in [3.05, 3.63) is 167 Å². The van der Waals surface area contributed by atoms with Gasteiger partial charge in [-0.25, -0.2) is 4.99 Å². The summed E-state index contributed by atoms with van der Waals surface area (Å²) in [5, 5.41) is 2.35. The fraction of sp³-hybridized carbons (Fsp3) is 0.128. The van der Waals surface area contributed by atoms with E-state index in [4.69, 9.17) is 14.5 Å². The maximum Gasteiger partial charge on any atom is 0.271 e. The molecule has 5 nitrogen and oxygen atoms in total. The van der Waals surface area contributed by atoms with E-state index in [9.17, 15) is 4.79 Å². The maximum absolute atomic E-state index is 14.2. The molecule has 46 heavy (non-hydrogen) atoms. The van der Waals surface area contributed by atoms with Crippen LogP contribution in [-0.2, 0) is 13.0 Å². The summed E-state index contributed by atoms with van der Waals surface area (Å²) >= 11 is 5.00. The van der Waals surface area contributed by atoms with Gasteiger partial charge in [-0.15, -0.1) is 0 Å². The largest absolute Gasteiger partial charge is 0.493 e. The van der Waals surface area contributed by atoms with Crippen LogP contribution in [0.3, 0.4) is 0 Å². The predicted octanol–water partition coefficient (Wildman–Crippen LogP) is 7.82. The van der Waals surface area contributed by atoms with Gasteiger partial charge in [0, 0.05) is 10.0 Å². The van der Waals surface area contributed by atoms with Crippen molar-refractivity contribution in [1.29, 1.82) is 0 Å². The van der Waals surface area contributed by atoms with Gasteiger partial charge in [-0.2, -0.15) is 0 Å². The summed E-state index contributed by atoms with van der Waals surface area (Å²) in [6, 6.07) is 36.9. The van der Waals surface area contributed by atoms with Crippen LogP contribution >= 0.6 is 27.3 Å². The van der Waals surface area contributed by atoms with Crippen LogP contribution in [-0.4, -0.2) is 11.7 Å². The summed E-state index contributed by atoms with van der Waals surface area (Å²) in [6.07, 6.45) is 3.71. The van der Waals surface area contributed by atoms with E-state index in [1.165, 1.54) is 33.2 Å². The Hall–Kier alpha value is -4.72. The molecule has 5 aromatic carbocycles. The van der Waals surface area contributed by atoms with Crippen LogP contribution in [0.2, 0.25) is 0 Å². The average Bonchev–Trinajstić information content (AvgIpc) is 3.40. The van der Waals surface area contributed by atoms with Gasteiger partial charge in [0.2, 0.25) is 0 Å². The first-order chi connectivity index (χ1) is 22.6. The molecule has 0 N–H and O–H groups in total. The quantitative estimate of drug-likeness (QED) is 0.180. The third-order valence-electron chi connectivity index (χ3n) is 8.81. The molecule has 1 aromatic heterocycles. The molecule has 0 fully saturated rings. The molecule has 0 saturated heterocycles. The lowest BCUT2D eigenvalue weighted by molar-refractivity contribution is 0.285. The molecule has 2 aliphatic rings. The topological polar surface area (TPSA) is 52.8 Å². The van der Waals surface area contributed by atoms with Crippen LogP contribution in [0.15, 0.2) is 129 Å². The SMILES string of the molecule is COc1cc(/C=c2/sc3n(c2=O)[C@@H](c2ccc(Br)cc2)C2=C(N=3)c3ccccc3CC2)ccc1OCc1cccc2ccccc12. The Balaban J connectivity index is 1.18. The highest BCUT2D eigenvalue weighted by Crippen LogP contribution is 2.41. The lowest BCUT2D eigenvalue weighted by atomic mass is 9.83. The lowest BCUT2D eigenvalue weighted by Gasteiger charge is -2.30. The third-order valence-corrected chi connectivity index (χ3v) is 10.3. The number of methoxy groups -OCH3 is 1. The zero-order chi connectivity index (χ0) is 31.2. The van der Waals surface area contributed by atoms with Crippen molar-refractivity contribution >= 4 is 49.8 Å². The standard InChI is InChI=1S/C39H29BrN2O3S/c1-44-34-21-24(13-20-33(34)45-23-28-10-6-9-25-7-2-4-11-30(25)28)22-35-38(43)42-37(27-14-17-29(40)18-15-27)32-19-16-26-8-3-5-12-31(26)36(32)41-39(42)46-35/h2-15,17-18,20-22,37H,16,19,23H2,1H3/b35-22+/t37-/m0/s1. The molecule has 0 saturated carbocycles. The van der Waals surface area contributed by atoms with Crippen molar-refractivity contribution in [2.45, 2.75) is 25.5 Å². The van der Waals surface area contributed by atoms with Crippen molar-refractivity contribution in [3.8, 4) is 11.5 Å². The van der Waals surface area contributed by atoms with Crippen LogP contribution in [0, 0.1) is 0 Å². The first-order valence-electron chi connectivity index (χ1n) is 15.2. The second-order valence-corrected chi connectivity index (χ2v) is 13.4. The summed E-state index contributed by atoms with van der Waals surface area (Å²) in [5.74, 6) is 1.26. The van der Waals surface area contributed by atoms with Gasteiger partial charge in [0.05, 0.1) is 23.4 Å². The molecule has 7 heteroatoms. The lowest BCUT2D eigenvalue weighted by Crippen LogP contribution is -2.38. The number of ether oxygens (including phenoxy) is 2. The first-order valence-corrected chi connectivity index (χ1v) is 16.8. The van der Waals surface area contributed by atoms with E-state index in [-0.39, 0.29) is 11.6 Å². The van der Waals surface area contributed by atoms with Gasteiger partial charge in [0.1, 0.15) is 6.61 Å². The summed E-state index contributed by atoms with van der Waals surface area (Å²) < 4.78 is 15.5. The van der Waals surface area contributed by atoms with Crippen molar-refractivity contribution < 1.29 is 9.47 Å². The summed E-state index contributed by atoms with van der Waals surface area (Å²) in [6.45, 7) is 0.416. The Morgan fingerprint density at radius 3 is 2.59 bits per heavy atom. The van der Waals surface area contributed by atoms with Gasteiger partial charge < -0.3 is 9.47 Å². The molecule has 8 rings (SSSR count). The number of rotatable bonds is 6. The molecule has 0 amide bonds. The molecule has 0 spiro atoms. The monoisotopic (exact) mass is 684 g/mol. The smallest absolute Gasteiger partial charge is 0.271 e. The van der Waals surface area contributed by atoms with Gasteiger partial charge in [-0.05, 0) is 81.8 Å². The zero-order valence-electron chi connectivity index (χ0n) is 25.1. The Morgan fingerprint density at radius 1 is 0.913 bits per heavy atom. The minimum Gasteiger partial charge on any atom is -0.493 e. The Morgan fingerprint density at radius 2 is 1.72 bits per heavy atom. The molecule has 1 aliphatic carbocycles. The Kier molecular flexibility index (Phi) is 7.43. The second kappa shape index (κ2) is 11.9. The zero-order valence-corrected chi connectivity index (χ0v) is 27.5. The van der Waals surface area contributed by atoms with Crippen molar-refractivity contribution in [1.82, 2.24) is 4.57 Å². The third kappa shape index (κ3) is 5.10. The van der Waals surface area contributed by atoms with E-state index in [1.807, 2.05) is 59.2 Å². The molecule has 2 heterocycles. The predicted molar refractivity (Wildman–Crippen MR) is 188 cm³/mol. The van der Waals surface area contributed by atoms with Crippen molar-refractivity contribution in [3.63, 3.8) is 0 Å². The van der Waals surface area contributed by atoms with Crippen LogP contribution < -0.4 is 24.4 Å². The maximum atomic E-state index is 14.2. The number of aromatic nitrogens is 1. The van der Waals surface area contributed by atoms with Crippen LogP contribution in [0.1, 0.15) is 40.3 Å². The minimum absolute atomic E-state index is 0.0441. The molecule has 0 radical (unpaired) electrons. The first kappa shape index (κ1) is 28.7. The van der Waals surface area contributed by atoms with Gasteiger partial charge >= 0.3 is 0 Å². The van der Waals surface area contributed by atoms with Gasteiger partial charge in [-0.1, -0.05) is 112 Å². The highest BCUT2D eigenvalue weighted by molar-refractivity contribution is 9.10. The molecule has 1 atom stereocenters. The fourth-order valence-electron chi connectivity index (χ4n) is 6.59. The normalized spacial score (nSPS) is 15.6. The summed E-state index contributed by atoms with van der Waals surface area (Å²) in [7, 11) is 1.64. The number of allylic oxidation sites excluding steroid dienone is 1. The van der Waals surface area contributed by atoms with E-state index in [1.54, 1.807) is 7.11 Å². The van der Waals surface area contributed by atoms with Gasteiger partial charge in [-0.3, -0.25) is 9.36 Å².